The van der Waals surface area contributed by atoms with E-state index in [0.717, 1.165) is 38.8 Å². The molecule has 2 aliphatic rings. The molecule has 1 aromatic rings. The largest absolute Gasteiger partial charge is 0.352 e. The minimum Gasteiger partial charge on any atom is -0.352 e. The predicted octanol–water partition coefficient (Wildman–Crippen LogP) is 0.795. The molecule has 3 heterocycles. The maximum absolute atomic E-state index is 13.1. The Balaban J connectivity index is 1.79. The molecular formula is C16H25N5O3. The van der Waals surface area contributed by atoms with E-state index in [-0.39, 0.29) is 23.7 Å². The number of nitrogens with zero attached hydrogens (tertiary/aromatic N) is 4. The van der Waals surface area contributed by atoms with Gasteiger partial charge in [-0.05, 0) is 46.1 Å². The molecule has 2 saturated heterocycles. The molecule has 8 nitrogen and oxygen atoms in total. The second kappa shape index (κ2) is 6.51. The van der Waals surface area contributed by atoms with Gasteiger partial charge in [0.15, 0.2) is 0 Å². The predicted molar refractivity (Wildman–Crippen MR) is 86.1 cm³/mol. The van der Waals surface area contributed by atoms with E-state index in [4.69, 9.17) is 4.52 Å². The fraction of sp³-hybridized carbons (Fsp3) is 0.750. The third-order valence-corrected chi connectivity index (χ3v) is 5.12. The van der Waals surface area contributed by atoms with Gasteiger partial charge in [0.05, 0.1) is 6.54 Å². The van der Waals surface area contributed by atoms with Crippen molar-refractivity contribution in [2.24, 2.45) is 0 Å². The number of hydrogen-bond acceptors (Lipinski definition) is 6. The smallest absolute Gasteiger partial charge is 0.292 e. The van der Waals surface area contributed by atoms with Crippen LogP contribution in [0.5, 0.6) is 0 Å². The van der Waals surface area contributed by atoms with Gasteiger partial charge in [0.25, 0.3) is 11.7 Å². The van der Waals surface area contributed by atoms with Crippen molar-refractivity contribution in [3.8, 4) is 0 Å². The van der Waals surface area contributed by atoms with Crippen molar-refractivity contribution in [1.82, 2.24) is 25.3 Å². The molecule has 8 heteroatoms. The Hall–Kier alpha value is -1.96. The van der Waals surface area contributed by atoms with Gasteiger partial charge in [-0.3, -0.25) is 14.5 Å². The maximum Gasteiger partial charge on any atom is 0.292 e. The number of likely N-dealkylation sites (tertiary alicyclic amines) is 2. The lowest BCUT2D eigenvalue weighted by molar-refractivity contribution is -0.150. The molecule has 2 aliphatic heterocycles. The van der Waals surface area contributed by atoms with Gasteiger partial charge in [-0.25, -0.2) is 0 Å². The van der Waals surface area contributed by atoms with Crippen molar-refractivity contribution in [1.29, 1.82) is 0 Å². The van der Waals surface area contributed by atoms with Crippen LogP contribution in [0.15, 0.2) is 4.52 Å². The van der Waals surface area contributed by atoms with Gasteiger partial charge in [-0.1, -0.05) is 5.16 Å². The standard InChI is InChI=1S/C16H25N5O3/c1-11(2)21-9-5-7-16(15(21)23)6-4-8-20(16)10-12-18-13(19-24-12)14(22)17-3/h11H,4-10H2,1-3H3,(H,17,22). The second-order valence-corrected chi connectivity index (χ2v) is 6.84. The van der Waals surface area contributed by atoms with E-state index in [1.165, 1.54) is 7.05 Å². The summed E-state index contributed by atoms with van der Waals surface area (Å²) >= 11 is 0. The number of carbonyl (C=O) groups is 2. The number of rotatable bonds is 4. The van der Waals surface area contributed by atoms with Crippen molar-refractivity contribution in [3.05, 3.63) is 11.7 Å². The lowest BCUT2D eigenvalue weighted by Gasteiger charge is -2.45. The Kier molecular flexibility index (Phi) is 4.58. The summed E-state index contributed by atoms with van der Waals surface area (Å²) in [6, 6.07) is 0.209. The summed E-state index contributed by atoms with van der Waals surface area (Å²) in [5.74, 6) is 0.247. The van der Waals surface area contributed by atoms with Gasteiger partial charge < -0.3 is 14.7 Å². The number of nitrogens with one attached hydrogen (secondary N) is 1. The van der Waals surface area contributed by atoms with E-state index in [1.807, 2.05) is 4.90 Å². The van der Waals surface area contributed by atoms with E-state index < -0.39 is 5.54 Å². The highest BCUT2D eigenvalue weighted by Crippen LogP contribution is 2.39. The third kappa shape index (κ3) is 2.79. The SMILES string of the molecule is CNC(=O)c1noc(CN2CCCC23CCCN(C(C)C)C3=O)n1. The first kappa shape index (κ1) is 16.9. The minimum atomic E-state index is -0.454. The van der Waals surface area contributed by atoms with Crippen LogP contribution in [0.3, 0.4) is 0 Å². The Bertz CT molecular complexity index is 629. The Morgan fingerprint density at radius 3 is 2.71 bits per heavy atom. The summed E-state index contributed by atoms with van der Waals surface area (Å²) in [4.78, 5) is 32.9. The van der Waals surface area contributed by atoms with Gasteiger partial charge in [-0.2, -0.15) is 4.98 Å². The highest BCUT2D eigenvalue weighted by molar-refractivity contribution is 5.90. The first-order valence-electron chi connectivity index (χ1n) is 8.59. The number of amides is 2. The van der Waals surface area contributed by atoms with Crippen molar-refractivity contribution >= 4 is 11.8 Å². The Morgan fingerprint density at radius 2 is 2.04 bits per heavy atom. The highest BCUT2D eigenvalue weighted by atomic mass is 16.5. The fourth-order valence-electron chi connectivity index (χ4n) is 3.89. The number of carbonyl (C=O) groups excluding carboxylic acids is 2. The molecule has 0 radical (unpaired) electrons. The summed E-state index contributed by atoms with van der Waals surface area (Å²) in [5, 5.41) is 6.18. The van der Waals surface area contributed by atoms with E-state index in [0.29, 0.717) is 12.4 Å². The van der Waals surface area contributed by atoms with E-state index >= 15 is 0 Å². The normalized spacial score (nSPS) is 25.0. The Labute approximate surface area is 141 Å². The second-order valence-electron chi connectivity index (χ2n) is 6.84. The average Bonchev–Trinajstić information content (AvgIpc) is 3.18. The molecule has 1 unspecified atom stereocenters. The van der Waals surface area contributed by atoms with E-state index in [9.17, 15) is 9.59 Å². The molecule has 1 N–H and O–H groups in total. The molecule has 0 saturated carbocycles. The summed E-state index contributed by atoms with van der Waals surface area (Å²) in [5.41, 5.74) is -0.454. The quantitative estimate of drug-likeness (QED) is 0.875. The zero-order valence-electron chi connectivity index (χ0n) is 14.5. The van der Waals surface area contributed by atoms with E-state index in [2.05, 4.69) is 34.2 Å². The molecule has 0 bridgehead atoms. The molecule has 2 fully saturated rings. The summed E-state index contributed by atoms with van der Waals surface area (Å²) < 4.78 is 5.20. The molecule has 1 atom stereocenters. The van der Waals surface area contributed by atoms with Gasteiger partial charge in [0, 0.05) is 19.6 Å². The molecular weight excluding hydrogens is 310 g/mol. The van der Waals surface area contributed by atoms with Crippen LogP contribution >= 0.6 is 0 Å². The molecule has 0 aliphatic carbocycles. The summed E-state index contributed by atoms with van der Waals surface area (Å²) in [7, 11) is 1.52. The maximum atomic E-state index is 13.1. The number of hydrogen-bond donors (Lipinski definition) is 1. The van der Waals surface area contributed by atoms with Crippen LogP contribution in [0.1, 0.15) is 56.0 Å². The minimum absolute atomic E-state index is 0.0273. The van der Waals surface area contributed by atoms with Crippen molar-refractivity contribution in [2.45, 2.75) is 57.7 Å². The lowest BCUT2D eigenvalue weighted by atomic mass is 9.84. The molecule has 132 valence electrons. The summed E-state index contributed by atoms with van der Waals surface area (Å²) in [6.07, 6.45) is 3.72. The topological polar surface area (TPSA) is 91.6 Å². The van der Waals surface area contributed by atoms with Crippen LogP contribution in [0.25, 0.3) is 0 Å². The van der Waals surface area contributed by atoms with Crippen LogP contribution in [0, 0.1) is 0 Å². The first-order valence-corrected chi connectivity index (χ1v) is 8.59. The van der Waals surface area contributed by atoms with Crippen LogP contribution < -0.4 is 5.32 Å². The lowest BCUT2D eigenvalue weighted by Crippen LogP contribution is -2.61. The van der Waals surface area contributed by atoms with E-state index in [1.54, 1.807) is 0 Å². The first-order chi connectivity index (χ1) is 11.5. The monoisotopic (exact) mass is 335 g/mol. The van der Waals surface area contributed by atoms with Gasteiger partial charge in [0.2, 0.25) is 11.8 Å². The van der Waals surface area contributed by atoms with Crippen LogP contribution in [-0.4, -0.2) is 63.5 Å². The highest BCUT2D eigenvalue weighted by Gasteiger charge is 2.51. The van der Waals surface area contributed by atoms with Crippen LogP contribution in [0.4, 0.5) is 0 Å². The number of piperidine rings is 1. The van der Waals surface area contributed by atoms with Crippen molar-refractivity contribution in [3.63, 3.8) is 0 Å². The van der Waals surface area contributed by atoms with Gasteiger partial charge >= 0.3 is 0 Å². The molecule has 0 aromatic carbocycles. The van der Waals surface area contributed by atoms with Crippen molar-refractivity contribution < 1.29 is 14.1 Å². The van der Waals surface area contributed by atoms with Gasteiger partial charge in [-0.15, -0.1) is 0 Å². The fourth-order valence-corrected chi connectivity index (χ4v) is 3.89. The molecule has 1 aromatic heterocycles. The Morgan fingerprint density at radius 1 is 1.33 bits per heavy atom. The molecule has 1 spiro atoms. The zero-order valence-corrected chi connectivity index (χ0v) is 14.5. The molecule has 24 heavy (non-hydrogen) atoms. The van der Waals surface area contributed by atoms with Crippen LogP contribution in [0.2, 0.25) is 0 Å². The van der Waals surface area contributed by atoms with Gasteiger partial charge in [0.1, 0.15) is 5.54 Å². The third-order valence-electron chi connectivity index (χ3n) is 5.12. The molecule has 3 rings (SSSR count). The summed E-state index contributed by atoms with van der Waals surface area (Å²) in [6.45, 7) is 6.18. The molecule has 2 amide bonds. The number of aromatic nitrogens is 2. The van der Waals surface area contributed by atoms with Crippen LogP contribution in [-0.2, 0) is 11.3 Å². The average molecular weight is 335 g/mol. The van der Waals surface area contributed by atoms with Crippen molar-refractivity contribution in [2.75, 3.05) is 20.1 Å². The zero-order chi connectivity index (χ0) is 17.3.